The SMILES string of the molecule is CC(=O)O.CC(=O)O.NC(=O)CCC(N)N. The number of rotatable bonds is 3. The molecule has 96 valence electrons. The van der Waals surface area contributed by atoms with Crippen molar-refractivity contribution < 1.29 is 24.6 Å². The maximum absolute atomic E-state index is 10.0. The Bertz CT molecular complexity index is 198. The third-order valence-corrected chi connectivity index (χ3v) is 0.724. The van der Waals surface area contributed by atoms with Gasteiger partial charge in [-0.05, 0) is 6.42 Å². The molecule has 0 radical (unpaired) electrons. The molecule has 0 saturated carbocycles. The first-order valence-electron chi connectivity index (χ1n) is 4.28. The van der Waals surface area contributed by atoms with Crippen molar-refractivity contribution in [3.8, 4) is 0 Å². The van der Waals surface area contributed by atoms with Gasteiger partial charge in [-0.2, -0.15) is 0 Å². The zero-order valence-electron chi connectivity index (χ0n) is 9.34. The van der Waals surface area contributed by atoms with Crippen LogP contribution in [0.2, 0.25) is 0 Å². The van der Waals surface area contributed by atoms with E-state index >= 15 is 0 Å². The summed E-state index contributed by atoms with van der Waals surface area (Å²) in [5, 5.41) is 14.8. The Morgan fingerprint density at radius 1 is 1.06 bits per heavy atom. The number of aliphatic carboxylic acids is 2. The highest BCUT2D eigenvalue weighted by Gasteiger charge is 1.96. The highest BCUT2D eigenvalue weighted by molar-refractivity contribution is 5.73. The molecule has 0 bridgehead atoms. The highest BCUT2D eigenvalue weighted by Crippen LogP contribution is 1.85. The molecule has 0 atom stereocenters. The molecule has 0 fully saturated rings. The second-order valence-corrected chi connectivity index (χ2v) is 2.71. The number of carboxylic acid groups (broad SMARTS) is 2. The van der Waals surface area contributed by atoms with Gasteiger partial charge in [0, 0.05) is 20.3 Å². The van der Waals surface area contributed by atoms with E-state index in [9.17, 15) is 4.79 Å². The molecule has 0 aromatic heterocycles. The number of primary amides is 1. The summed E-state index contributed by atoms with van der Waals surface area (Å²) in [7, 11) is 0. The number of hydrogen-bond acceptors (Lipinski definition) is 5. The number of amides is 1. The smallest absolute Gasteiger partial charge is 0.300 e. The van der Waals surface area contributed by atoms with Gasteiger partial charge in [0.05, 0.1) is 6.17 Å². The fourth-order valence-electron chi connectivity index (χ4n) is 0.309. The summed E-state index contributed by atoms with van der Waals surface area (Å²) >= 11 is 0. The minimum atomic E-state index is -0.833. The van der Waals surface area contributed by atoms with E-state index in [1.165, 1.54) is 0 Å². The second kappa shape index (κ2) is 13.3. The van der Waals surface area contributed by atoms with Crippen LogP contribution in [0.1, 0.15) is 26.7 Å². The third-order valence-electron chi connectivity index (χ3n) is 0.724. The molecule has 16 heavy (non-hydrogen) atoms. The van der Waals surface area contributed by atoms with Crippen LogP contribution in [0.3, 0.4) is 0 Å². The average molecular weight is 237 g/mol. The van der Waals surface area contributed by atoms with Crippen LogP contribution in [0, 0.1) is 0 Å². The first-order chi connectivity index (χ1) is 7.09. The van der Waals surface area contributed by atoms with Gasteiger partial charge in [0.1, 0.15) is 0 Å². The van der Waals surface area contributed by atoms with Gasteiger partial charge in [0.25, 0.3) is 11.9 Å². The first-order valence-corrected chi connectivity index (χ1v) is 4.28. The number of nitrogens with two attached hydrogens (primary N) is 3. The van der Waals surface area contributed by atoms with E-state index in [-0.39, 0.29) is 12.3 Å². The van der Waals surface area contributed by atoms with Gasteiger partial charge in [0.2, 0.25) is 5.91 Å². The molecule has 8 heteroatoms. The van der Waals surface area contributed by atoms with Gasteiger partial charge in [-0.15, -0.1) is 0 Å². The van der Waals surface area contributed by atoms with Crippen molar-refractivity contribution in [3.63, 3.8) is 0 Å². The monoisotopic (exact) mass is 237 g/mol. The lowest BCUT2D eigenvalue weighted by Gasteiger charge is -1.99. The molecule has 8 N–H and O–H groups in total. The molecular weight excluding hydrogens is 218 g/mol. The molecule has 1 amide bonds. The van der Waals surface area contributed by atoms with Crippen LogP contribution in [0.4, 0.5) is 0 Å². The summed E-state index contributed by atoms with van der Waals surface area (Å²) in [5.74, 6) is -2.02. The molecule has 0 saturated heterocycles. The lowest BCUT2D eigenvalue weighted by Crippen LogP contribution is -2.31. The van der Waals surface area contributed by atoms with E-state index in [4.69, 9.17) is 37.0 Å². The fraction of sp³-hybridized carbons (Fsp3) is 0.625. The standard InChI is InChI=1S/C4H11N3O.2C2H4O2/c5-3(6)1-2-4(7)8;2*1-2(3)4/h3H,1-2,5-6H2,(H2,7,8);2*1H3,(H,3,4). The zero-order chi connectivity index (χ0) is 13.7. The Labute approximate surface area is 93.4 Å². The number of carbonyl (C=O) groups excluding carboxylic acids is 1. The predicted octanol–water partition coefficient (Wildman–Crippen LogP) is -1.32. The Kier molecular flexibility index (Phi) is 16.5. The first kappa shape index (κ1) is 19.8. The second-order valence-electron chi connectivity index (χ2n) is 2.71. The molecule has 0 rings (SSSR count). The van der Waals surface area contributed by atoms with E-state index in [1.54, 1.807) is 0 Å². The summed E-state index contributed by atoms with van der Waals surface area (Å²) in [4.78, 5) is 28.0. The normalized spacial score (nSPS) is 8.06. The minimum absolute atomic E-state index is 0.275. The Morgan fingerprint density at radius 3 is 1.38 bits per heavy atom. The van der Waals surface area contributed by atoms with Gasteiger partial charge >= 0.3 is 0 Å². The van der Waals surface area contributed by atoms with Crippen LogP contribution in [0.15, 0.2) is 0 Å². The maximum atomic E-state index is 10.0. The average Bonchev–Trinajstić information content (AvgIpc) is 1.98. The van der Waals surface area contributed by atoms with E-state index in [0.717, 1.165) is 13.8 Å². The quantitative estimate of drug-likeness (QED) is 0.379. The minimum Gasteiger partial charge on any atom is -0.481 e. The van der Waals surface area contributed by atoms with Crippen molar-refractivity contribution in [2.45, 2.75) is 32.9 Å². The molecule has 0 heterocycles. The molecule has 0 aromatic carbocycles. The number of carbonyl (C=O) groups is 3. The molecular formula is C8H19N3O5. The van der Waals surface area contributed by atoms with Gasteiger partial charge in [-0.1, -0.05) is 0 Å². The predicted molar refractivity (Wildman–Crippen MR) is 57.2 cm³/mol. The van der Waals surface area contributed by atoms with Crippen LogP contribution in [0.5, 0.6) is 0 Å². The summed E-state index contributed by atoms with van der Waals surface area (Å²) in [6, 6.07) is 0. The van der Waals surface area contributed by atoms with Gasteiger partial charge in [-0.3, -0.25) is 14.4 Å². The molecule has 0 spiro atoms. The van der Waals surface area contributed by atoms with E-state index in [1.807, 2.05) is 0 Å². The Morgan fingerprint density at radius 2 is 1.31 bits per heavy atom. The van der Waals surface area contributed by atoms with Crippen LogP contribution in [0.25, 0.3) is 0 Å². The van der Waals surface area contributed by atoms with Crippen LogP contribution >= 0.6 is 0 Å². The van der Waals surface area contributed by atoms with Gasteiger partial charge in [-0.25, -0.2) is 0 Å². The highest BCUT2D eigenvalue weighted by atomic mass is 16.4. The fourth-order valence-corrected chi connectivity index (χ4v) is 0.309. The maximum Gasteiger partial charge on any atom is 0.300 e. The summed E-state index contributed by atoms with van der Waals surface area (Å²) < 4.78 is 0. The largest absolute Gasteiger partial charge is 0.481 e. The van der Waals surface area contributed by atoms with Gasteiger partial charge < -0.3 is 27.4 Å². The summed E-state index contributed by atoms with van der Waals surface area (Å²) in [5.41, 5.74) is 15.0. The lowest BCUT2D eigenvalue weighted by molar-refractivity contribution is -0.135. The van der Waals surface area contributed by atoms with Crippen LogP contribution in [-0.4, -0.2) is 34.2 Å². The van der Waals surface area contributed by atoms with E-state index < -0.39 is 18.1 Å². The van der Waals surface area contributed by atoms with Crippen molar-refractivity contribution >= 4 is 17.8 Å². The van der Waals surface area contributed by atoms with Crippen LogP contribution in [-0.2, 0) is 14.4 Å². The van der Waals surface area contributed by atoms with Crippen molar-refractivity contribution in [2.75, 3.05) is 0 Å². The number of hydrogen-bond donors (Lipinski definition) is 5. The zero-order valence-corrected chi connectivity index (χ0v) is 9.34. The Balaban J connectivity index is -0.000000179. The molecule has 8 nitrogen and oxygen atoms in total. The molecule has 0 unspecified atom stereocenters. The summed E-state index contributed by atoms with van der Waals surface area (Å²) in [6.45, 7) is 2.17. The van der Waals surface area contributed by atoms with Crippen molar-refractivity contribution in [1.82, 2.24) is 0 Å². The lowest BCUT2D eigenvalue weighted by atomic mass is 10.2. The van der Waals surface area contributed by atoms with Crippen molar-refractivity contribution in [2.24, 2.45) is 17.2 Å². The summed E-state index contributed by atoms with van der Waals surface area (Å²) in [6.07, 6.45) is 0.329. The third kappa shape index (κ3) is 143. The molecule has 0 aromatic rings. The molecule has 0 aliphatic carbocycles. The topological polar surface area (TPSA) is 170 Å². The molecule has 0 aliphatic heterocycles. The van der Waals surface area contributed by atoms with Crippen LogP contribution < -0.4 is 17.2 Å². The molecule has 0 aliphatic rings. The van der Waals surface area contributed by atoms with Crippen molar-refractivity contribution in [1.29, 1.82) is 0 Å². The number of carboxylic acids is 2. The van der Waals surface area contributed by atoms with Crippen molar-refractivity contribution in [3.05, 3.63) is 0 Å². The van der Waals surface area contributed by atoms with Gasteiger partial charge in [0.15, 0.2) is 0 Å². The Hall–Kier alpha value is -1.67. The van der Waals surface area contributed by atoms with E-state index in [0.29, 0.717) is 6.42 Å². The van der Waals surface area contributed by atoms with E-state index in [2.05, 4.69) is 0 Å².